The molecule has 3 rings (SSSR count). The molecule has 0 aliphatic carbocycles. The number of carboxylic acids is 1. The number of rotatable bonds is 4. The minimum absolute atomic E-state index is 0.192. The lowest BCUT2D eigenvalue weighted by Gasteiger charge is -2.00. The Labute approximate surface area is 133 Å². The highest BCUT2D eigenvalue weighted by atomic mass is 16.4. The van der Waals surface area contributed by atoms with Crippen LogP contribution in [0.5, 0.6) is 0 Å². The van der Waals surface area contributed by atoms with Crippen LogP contribution in [-0.2, 0) is 11.2 Å². The van der Waals surface area contributed by atoms with Crippen LogP contribution in [0.3, 0.4) is 0 Å². The summed E-state index contributed by atoms with van der Waals surface area (Å²) in [6.07, 6.45) is 1.60. The normalized spacial score (nSPS) is 11.4. The van der Waals surface area contributed by atoms with E-state index in [1.807, 2.05) is 44.2 Å². The third kappa shape index (κ3) is 3.11. The maximum Gasteiger partial charge on any atom is 0.309 e. The summed E-state index contributed by atoms with van der Waals surface area (Å²) in [7, 11) is 0. The van der Waals surface area contributed by atoms with Crippen LogP contribution in [0.2, 0.25) is 0 Å². The molecule has 0 amide bonds. The second-order valence-corrected chi connectivity index (χ2v) is 5.35. The van der Waals surface area contributed by atoms with Gasteiger partial charge in [0.15, 0.2) is 5.82 Å². The molecule has 0 saturated heterocycles. The molecule has 0 unspecified atom stereocenters. The molecule has 1 aromatic carbocycles. The molecule has 3 aromatic rings. The van der Waals surface area contributed by atoms with Crippen molar-refractivity contribution in [3.8, 4) is 0 Å². The molecule has 0 radical (unpaired) electrons. The lowest BCUT2D eigenvalue weighted by molar-refractivity contribution is -0.136. The fourth-order valence-corrected chi connectivity index (χ4v) is 2.29. The third-order valence-corrected chi connectivity index (χ3v) is 3.64. The van der Waals surface area contributed by atoms with Crippen molar-refractivity contribution < 1.29 is 9.90 Å². The summed E-state index contributed by atoms with van der Waals surface area (Å²) in [5, 5.41) is 17.5. The highest BCUT2D eigenvalue weighted by Crippen LogP contribution is 2.25. The topological polar surface area (TPSA) is 79.3 Å². The molecule has 6 heteroatoms. The molecule has 0 fully saturated rings. The highest BCUT2D eigenvalue weighted by molar-refractivity contribution is 5.72. The van der Waals surface area contributed by atoms with Crippen molar-refractivity contribution in [3.05, 3.63) is 59.4 Å². The van der Waals surface area contributed by atoms with Crippen molar-refractivity contribution in [2.24, 2.45) is 10.2 Å². The predicted octanol–water partition coefficient (Wildman–Crippen LogP) is 3.99. The molecule has 0 saturated carbocycles. The van der Waals surface area contributed by atoms with Gasteiger partial charge in [0.2, 0.25) is 0 Å². The first-order valence-corrected chi connectivity index (χ1v) is 7.21. The zero-order chi connectivity index (χ0) is 16.4. The van der Waals surface area contributed by atoms with E-state index < -0.39 is 5.97 Å². The van der Waals surface area contributed by atoms with Crippen LogP contribution in [-0.4, -0.2) is 20.5 Å². The first-order valence-electron chi connectivity index (χ1n) is 7.21. The standard InChI is InChI=1S/C17H16N4O2/c1-11-6-7-13(9-12(11)2)19-20-17-14(10-16(22)23)18-15-5-3-4-8-21(15)17/h3-9H,10H2,1-2H3,(H,22,23). The SMILES string of the molecule is Cc1ccc(N=Nc2c(CC(=O)O)nc3ccccn23)cc1C. The number of aromatic nitrogens is 2. The van der Waals surface area contributed by atoms with E-state index in [0.717, 1.165) is 11.3 Å². The lowest BCUT2D eigenvalue weighted by Crippen LogP contribution is -2.00. The van der Waals surface area contributed by atoms with E-state index in [1.165, 1.54) is 5.56 Å². The molecule has 23 heavy (non-hydrogen) atoms. The first-order chi connectivity index (χ1) is 11.0. The van der Waals surface area contributed by atoms with E-state index >= 15 is 0 Å². The molecule has 0 aliphatic rings. The van der Waals surface area contributed by atoms with Crippen LogP contribution in [0, 0.1) is 13.8 Å². The fraction of sp³-hybridized carbons (Fsp3) is 0.176. The Hall–Kier alpha value is -3.02. The Bertz CT molecular complexity index is 912. The minimum Gasteiger partial charge on any atom is -0.481 e. The molecule has 0 atom stereocenters. The van der Waals surface area contributed by atoms with Gasteiger partial charge in [0.25, 0.3) is 0 Å². The number of hydrogen-bond acceptors (Lipinski definition) is 4. The van der Waals surface area contributed by atoms with Gasteiger partial charge in [0.05, 0.1) is 17.8 Å². The number of aryl methyl sites for hydroxylation is 2. The molecule has 0 bridgehead atoms. The highest BCUT2D eigenvalue weighted by Gasteiger charge is 2.14. The van der Waals surface area contributed by atoms with Crippen molar-refractivity contribution in [2.45, 2.75) is 20.3 Å². The summed E-state index contributed by atoms with van der Waals surface area (Å²) in [5.74, 6) is -0.503. The quantitative estimate of drug-likeness (QED) is 0.740. The van der Waals surface area contributed by atoms with Gasteiger partial charge >= 0.3 is 5.97 Å². The second kappa shape index (κ2) is 6.00. The van der Waals surface area contributed by atoms with Gasteiger partial charge in [-0.05, 0) is 49.2 Å². The summed E-state index contributed by atoms with van der Waals surface area (Å²) >= 11 is 0. The molecular formula is C17H16N4O2. The van der Waals surface area contributed by atoms with Crippen molar-refractivity contribution in [2.75, 3.05) is 0 Å². The van der Waals surface area contributed by atoms with Crippen molar-refractivity contribution in [1.29, 1.82) is 0 Å². The van der Waals surface area contributed by atoms with E-state index in [2.05, 4.69) is 15.2 Å². The van der Waals surface area contributed by atoms with Gasteiger partial charge in [-0.3, -0.25) is 9.20 Å². The van der Waals surface area contributed by atoms with E-state index in [4.69, 9.17) is 5.11 Å². The largest absolute Gasteiger partial charge is 0.481 e. The number of nitrogens with zero attached hydrogens (tertiary/aromatic N) is 4. The van der Waals surface area contributed by atoms with Crippen molar-refractivity contribution in [1.82, 2.24) is 9.38 Å². The van der Waals surface area contributed by atoms with Crippen LogP contribution in [0.1, 0.15) is 16.8 Å². The van der Waals surface area contributed by atoms with Gasteiger partial charge in [-0.2, -0.15) is 0 Å². The smallest absolute Gasteiger partial charge is 0.309 e. The second-order valence-electron chi connectivity index (χ2n) is 5.35. The Morgan fingerprint density at radius 2 is 2.00 bits per heavy atom. The first kappa shape index (κ1) is 14.9. The third-order valence-electron chi connectivity index (χ3n) is 3.64. The summed E-state index contributed by atoms with van der Waals surface area (Å²) < 4.78 is 1.74. The van der Waals surface area contributed by atoms with Crippen molar-refractivity contribution in [3.63, 3.8) is 0 Å². The Kier molecular flexibility index (Phi) is 3.89. The summed E-state index contributed by atoms with van der Waals surface area (Å²) in [6, 6.07) is 11.3. The van der Waals surface area contributed by atoms with Crippen LogP contribution < -0.4 is 0 Å². The summed E-state index contributed by atoms with van der Waals surface area (Å²) in [4.78, 5) is 15.4. The Balaban J connectivity index is 2.05. The lowest BCUT2D eigenvalue weighted by atomic mass is 10.1. The number of aliphatic carboxylic acids is 1. The minimum atomic E-state index is -0.948. The fourth-order valence-electron chi connectivity index (χ4n) is 2.29. The van der Waals surface area contributed by atoms with Gasteiger partial charge < -0.3 is 5.11 Å². The number of carboxylic acid groups (broad SMARTS) is 1. The van der Waals surface area contributed by atoms with E-state index in [0.29, 0.717) is 17.2 Å². The van der Waals surface area contributed by atoms with Crippen LogP contribution in [0.4, 0.5) is 11.5 Å². The summed E-state index contributed by atoms with van der Waals surface area (Å²) in [5.41, 5.74) is 4.09. The van der Waals surface area contributed by atoms with Crippen LogP contribution in [0.15, 0.2) is 52.8 Å². The average molecular weight is 308 g/mol. The molecule has 1 N–H and O–H groups in total. The molecule has 0 aliphatic heterocycles. The number of imidazole rings is 1. The van der Waals surface area contributed by atoms with Crippen LogP contribution >= 0.6 is 0 Å². The van der Waals surface area contributed by atoms with Gasteiger partial charge in [-0.1, -0.05) is 12.1 Å². The van der Waals surface area contributed by atoms with E-state index in [9.17, 15) is 4.79 Å². The monoisotopic (exact) mass is 308 g/mol. The van der Waals surface area contributed by atoms with E-state index in [-0.39, 0.29) is 6.42 Å². The predicted molar refractivity (Wildman–Crippen MR) is 86.6 cm³/mol. The summed E-state index contributed by atoms with van der Waals surface area (Å²) in [6.45, 7) is 4.05. The molecule has 116 valence electrons. The molecule has 6 nitrogen and oxygen atoms in total. The Morgan fingerprint density at radius 1 is 1.17 bits per heavy atom. The maximum absolute atomic E-state index is 11.0. The number of azo groups is 1. The van der Waals surface area contributed by atoms with Gasteiger partial charge in [-0.25, -0.2) is 4.98 Å². The number of fused-ring (bicyclic) bond motifs is 1. The van der Waals surface area contributed by atoms with Gasteiger partial charge in [0, 0.05) is 6.20 Å². The molecule has 2 aromatic heterocycles. The van der Waals surface area contributed by atoms with Gasteiger partial charge in [0.1, 0.15) is 5.65 Å². The number of hydrogen-bond donors (Lipinski definition) is 1. The Morgan fingerprint density at radius 3 is 2.74 bits per heavy atom. The molecular weight excluding hydrogens is 292 g/mol. The number of pyridine rings is 1. The number of benzene rings is 1. The van der Waals surface area contributed by atoms with E-state index in [1.54, 1.807) is 16.7 Å². The maximum atomic E-state index is 11.0. The average Bonchev–Trinajstić information content (AvgIpc) is 2.85. The van der Waals surface area contributed by atoms with Crippen LogP contribution in [0.25, 0.3) is 5.65 Å². The zero-order valence-electron chi connectivity index (χ0n) is 12.9. The zero-order valence-corrected chi connectivity index (χ0v) is 12.9. The van der Waals surface area contributed by atoms with Crippen molar-refractivity contribution >= 4 is 23.1 Å². The number of carbonyl (C=O) groups is 1. The van der Waals surface area contributed by atoms with Gasteiger partial charge in [-0.15, -0.1) is 10.2 Å². The molecule has 0 spiro atoms. The molecule has 2 heterocycles.